The van der Waals surface area contributed by atoms with Gasteiger partial charge in [0.05, 0.1) is 6.42 Å². The lowest BCUT2D eigenvalue weighted by Gasteiger charge is -2.23. The molecule has 31 heavy (non-hydrogen) atoms. The van der Waals surface area contributed by atoms with Gasteiger partial charge in [0.2, 0.25) is 5.91 Å². The summed E-state index contributed by atoms with van der Waals surface area (Å²) in [6, 6.07) is 14.7. The van der Waals surface area contributed by atoms with Crippen LogP contribution in [0.5, 0.6) is 0 Å². The Morgan fingerprint density at radius 3 is 2.26 bits per heavy atom. The molecule has 7 heteroatoms. The summed E-state index contributed by atoms with van der Waals surface area (Å²) in [4.78, 5) is 37.6. The molecule has 1 aliphatic rings. The lowest BCUT2D eigenvalue weighted by Crippen LogP contribution is -2.48. The molecule has 2 aromatic rings. The number of benzene rings is 2. The molecule has 3 rings (SSSR count). The molecule has 0 fully saturated rings. The Morgan fingerprint density at radius 1 is 1.13 bits per heavy atom. The van der Waals surface area contributed by atoms with Crippen LogP contribution < -0.4 is 5.32 Å². The number of hydrogen-bond acceptors (Lipinski definition) is 4. The quantitative estimate of drug-likeness (QED) is 0.604. The average Bonchev–Trinajstić information content (AvgIpc) is 3.08. The first kappa shape index (κ1) is 22.1. The van der Waals surface area contributed by atoms with Gasteiger partial charge in [0.1, 0.15) is 12.6 Å². The first-order valence-electron chi connectivity index (χ1n) is 10.1. The number of carboxylic acids is 1. The predicted octanol–water partition coefficient (Wildman–Crippen LogP) is 3.40. The molecule has 0 heterocycles. The molecular formula is C24H26N2O5. The van der Waals surface area contributed by atoms with Crippen LogP contribution in [0, 0.1) is 0 Å². The van der Waals surface area contributed by atoms with E-state index in [0.717, 1.165) is 22.3 Å². The highest BCUT2D eigenvalue weighted by atomic mass is 16.5. The second-order valence-electron chi connectivity index (χ2n) is 7.46. The minimum atomic E-state index is -1.21. The second kappa shape index (κ2) is 9.93. The summed E-state index contributed by atoms with van der Waals surface area (Å²) in [7, 11) is 1.56. The highest BCUT2D eigenvalue weighted by Gasteiger charge is 2.30. The number of likely N-dealkylation sites (N-methyl/N-ethyl adjacent to an activating group) is 1. The van der Waals surface area contributed by atoms with Crippen LogP contribution in [0.4, 0.5) is 4.79 Å². The van der Waals surface area contributed by atoms with E-state index in [0.29, 0.717) is 13.0 Å². The van der Waals surface area contributed by atoms with Crippen molar-refractivity contribution in [2.75, 3.05) is 20.2 Å². The standard InChI is InChI=1S/C24H26N2O5/c1-3-4-13-26(2)23(29)21(14-22(27)28)25-24(30)31-15-20-18-11-7-5-9-16(18)17-10-6-8-12-19(17)20/h3,5-12,20-21H,1,4,13-15H2,2H3,(H,25,30)(H,27,28). The number of rotatable bonds is 9. The highest BCUT2D eigenvalue weighted by molar-refractivity contribution is 5.89. The summed E-state index contributed by atoms with van der Waals surface area (Å²) in [5.74, 6) is -1.80. The van der Waals surface area contributed by atoms with Crippen LogP contribution >= 0.6 is 0 Å². The lowest BCUT2D eigenvalue weighted by molar-refractivity contribution is -0.142. The van der Waals surface area contributed by atoms with E-state index in [1.807, 2.05) is 48.5 Å². The number of aliphatic carboxylic acids is 1. The molecule has 2 aromatic carbocycles. The van der Waals surface area contributed by atoms with Crippen LogP contribution in [0.1, 0.15) is 29.9 Å². The third-order valence-electron chi connectivity index (χ3n) is 5.36. The van der Waals surface area contributed by atoms with Gasteiger partial charge in [-0.3, -0.25) is 9.59 Å². The molecule has 0 saturated carbocycles. The largest absolute Gasteiger partial charge is 0.481 e. The van der Waals surface area contributed by atoms with Gasteiger partial charge in [-0.25, -0.2) is 4.79 Å². The lowest BCUT2D eigenvalue weighted by atomic mass is 9.98. The Labute approximate surface area is 181 Å². The maximum Gasteiger partial charge on any atom is 0.407 e. The van der Waals surface area contributed by atoms with Gasteiger partial charge < -0.3 is 20.1 Å². The molecule has 7 nitrogen and oxygen atoms in total. The van der Waals surface area contributed by atoms with Crippen LogP contribution in [0.15, 0.2) is 61.2 Å². The van der Waals surface area contributed by atoms with Crippen molar-refractivity contribution in [3.63, 3.8) is 0 Å². The molecule has 1 unspecified atom stereocenters. The Morgan fingerprint density at radius 2 is 1.71 bits per heavy atom. The fourth-order valence-electron chi connectivity index (χ4n) is 3.82. The summed E-state index contributed by atoms with van der Waals surface area (Å²) in [6.07, 6.45) is 0.877. The van der Waals surface area contributed by atoms with E-state index in [1.165, 1.54) is 4.90 Å². The molecule has 0 aromatic heterocycles. The van der Waals surface area contributed by atoms with Crippen LogP contribution in [-0.2, 0) is 14.3 Å². The zero-order chi connectivity index (χ0) is 22.4. The molecule has 162 valence electrons. The van der Waals surface area contributed by atoms with E-state index in [9.17, 15) is 14.4 Å². The molecule has 1 aliphatic carbocycles. The number of fused-ring (bicyclic) bond motifs is 3. The minimum Gasteiger partial charge on any atom is -0.481 e. The summed E-state index contributed by atoms with van der Waals surface area (Å²) in [6.45, 7) is 4.07. The van der Waals surface area contributed by atoms with Crippen molar-refractivity contribution in [1.82, 2.24) is 10.2 Å². The van der Waals surface area contributed by atoms with Crippen LogP contribution in [-0.4, -0.2) is 54.2 Å². The molecule has 1 atom stereocenters. The number of ether oxygens (including phenoxy) is 1. The van der Waals surface area contributed by atoms with Crippen molar-refractivity contribution in [1.29, 1.82) is 0 Å². The Bertz CT molecular complexity index is 942. The number of nitrogens with zero attached hydrogens (tertiary/aromatic N) is 1. The highest BCUT2D eigenvalue weighted by Crippen LogP contribution is 2.44. The zero-order valence-corrected chi connectivity index (χ0v) is 17.4. The number of carbonyl (C=O) groups excluding carboxylic acids is 2. The van der Waals surface area contributed by atoms with Gasteiger partial charge in [0, 0.05) is 19.5 Å². The van der Waals surface area contributed by atoms with Crippen molar-refractivity contribution in [3.05, 3.63) is 72.3 Å². The third-order valence-corrected chi connectivity index (χ3v) is 5.36. The monoisotopic (exact) mass is 422 g/mol. The number of hydrogen-bond donors (Lipinski definition) is 2. The smallest absolute Gasteiger partial charge is 0.407 e. The van der Waals surface area contributed by atoms with Crippen LogP contribution in [0.25, 0.3) is 11.1 Å². The van der Waals surface area contributed by atoms with E-state index < -0.39 is 30.4 Å². The zero-order valence-electron chi connectivity index (χ0n) is 17.4. The van der Waals surface area contributed by atoms with Gasteiger partial charge in [-0.2, -0.15) is 0 Å². The van der Waals surface area contributed by atoms with Gasteiger partial charge in [0.15, 0.2) is 0 Å². The van der Waals surface area contributed by atoms with Gasteiger partial charge >= 0.3 is 12.1 Å². The maximum absolute atomic E-state index is 12.6. The molecule has 0 aliphatic heterocycles. The fourth-order valence-corrected chi connectivity index (χ4v) is 3.82. The SMILES string of the molecule is C=CCCN(C)C(=O)C(CC(=O)O)NC(=O)OCC1c2ccccc2-c2ccccc21. The summed E-state index contributed by atoms with van der Waals surface area (Å²) in [5.41, 5.74) is 4.35. The van der Waals surface area contributed by atoms with E-state index in [-0.39, 0.29) is 12.5 Å². The normalized spacial score (nSPS) is 12.9. The summed E-state index contributed by atoms with van der Waals surface area (Å²) in [5, 5.41) is 11.6. The van der Waals surface area contributed by atoms with Gasteiger partial charge in [-0.1, -0.05) is 54.6 Å². The van der Waals surface area contributed by atoms with E-state index in [4.69, 9.17) is 9.84 Å². The molecule has 2 N–H and O–H groups in total. The van der Waals surface area contributed by atoms with Crippen molar-refractivity contribution < 1.29 is 24.2 Å². The first-order valence-corrected chi connectivity index (χ1v) is 10.1. The molecular weight excluding hydrogens is 396 g/mol. The predicted molar refractivity (Wildman–Crippen MR) is 117 cm³/mol. The molecule has 2 amide bonds. The maximum atomic E-state index is 12.6. The number of amides is 2. The van der Waals surface area contributed by atoms with Gasteiger partial charge in [-0.15, -0.1) is 6.58 Å². The number of carbonyl (C=O) groups is 3. The third kappa shape index (κ3) is 5.12. The molecule has 0 bridgehead atoms. The topological polar surface area (TPSA) is 95.9 Å². The fraction of sp³-hybridized carbons (Fsp3) is 0.292. The Balaban J connectivity index is 1.67. The van der Waals surface area contributed by atoms with Crippen molar-refractivity contribution in [2.24, 2.45) is 0 Å². The Kier molecular flexibility index (Phi) is 7.07. The average molecular weight is 422 g/mol. The molecule has 0 spiro atoms. The minimum absolute atomic E-state index is 0.0835. The van der Waals surface area contributed by atoms with Crippen molar-refractivity contribution in [2.45, 2.75) is 24.8 Å². The van der Waals surface area contributed by atoms with Gasteiger partial charge in [-0.05, 0) is 28.7 Å². The van der Waals surface area contributed by atoms with E-state index in [1.54, 1.807) is 13.1 Å². The van der Waals surface area contributed by atoms with Gasteiger partial charge in [0.25, 0.3) is 0 Å². The van der Waals surface area contributed by atoms with Crippen molar-refractivity contribution in [3.8, 4) is 11.1 Å². The number of carboxylic acid groups (broad SMARTS) is 1. The second-order valence-corrected chi connectivity index (χ2v) is 7.46. The molecule has 0 radical (unpaired) electrons. The van der Waals surface area contributed by atoms with Crippen LogP contribution in [0.2, 0.25) is 0 Å². The number of nitrogens with one attached hydrogen (secondary N) is 1. The number of alkyl carbamates (subject to hydrolysis) is 1. The first-order chi connectivity index (χ1) is 14.9. The van der Waals surface area contributed by atoms with Crippen molar-refractivity contribution >= 4 is 18.0 Å². The van der Waals surface area contributed by atoms with Crippen LogP contribution in [0.3, 0.4) is 0 Å². The Hall–Kier alpha value is -3.61. The van der Waals surface area contributed by atoms with E-state index >= 15 is 0 Å². The summed E-state index contributed by atoms with van der Waals surface area (Å²) < 4.78 is 5.43. The molecule has 0 saturated heterocycles. The van der Waals surface area contributed by atoms with E-state index in [2.05, 4.69) is 11.9 Å². The summed E-state index contributed by atoms with van der Waals surface area (Å²) >= 11 is 0.